The molecule has 11 rings (SSSR count). The molecule has 1 unspecified atom stereocenters. The first kappa shape index (κ1) is 43.4. The molecule has 0 N–H and O–H groups in total. The van der Waals surface area contributed by atoms with Crippen LogP contribution in [0.5, 0.6) is 0 Å². The summed E-state index contributed by atoms with van der Waals surface area (Å²) in [7, 11) is 0. The number of nitrogens with zero attached hydrogens (tertiary/aromatic N) is 6. The van der Waals surface area contributed by atoms with Gasteiger partial charge in [0.25, 0.3) is 17.7 Å². The van der Waals surface area contributed by atoms with Crippen LogP contribution in [0.15, 0.2) is 121 Å². The van der Waals surface area contributed by atoms with Gasteiger partial charge >= 0.3 is 0 Å². The number of rotatable bonds is 7. The second-order valence-electron chi connectivity index (χ2n) is 20.2. The lowest BCUT2D eigenvalue weighted by atomic mass is 9.84. The minimum absolute atomic E-state index is 0.00243. The van der Waals surface area contributed by atoms with Gasteiger partial charge in [0.05, 0.1) is 25.7 Å². The summed E-state index contributed by atoms with van der Waals surface area (Å²) in [6, 6.07) is 41.7. The number of piperazine rings is 1. The van der Waals surface area contributed by atoms with Crippen LogP contribution in [-0.4, -0.2) is 62.3 Å². The summed E-state index contributed by atoms with van der Waals surface area (Å²) in [5.74, 6) is 1.13. The largest absolute Gasteiger partial charge is 0.340 e. The van der Waals surface area contributed by atoms with E-state index in [0.29, 0.717) is 74.0 Å². The maximum Gasteiger partial charge on any atom is 0.271 e. The van der Waals surface area contributed by atoms with Crippen LogP contribution in [0.1, 0.15) is 166 Å². The highest BCUT2D eigenvalue weighted by Crippen LogP contribution is 2.39. The highest BCUT2D eigenvalue weighted by atomic mass is 16.2. The average Bonchev–Trinajstić information content (AvgIpc) is 3.87. The minimum Gasteiger partial charge on any atom is -0.340 e. The predicted molar refractivity (Wildman–Crippen MR) is 266 cm³/mol. The van der Waals surface area contributed by atoms with E-state index in [1.54, 1.807) is 0 Å². The molecule has 9 nitrogen and oxygen atoms in total. The van der Waals surface area contributed by atoms with Gasteiger partial charge in [-0.15, -0.1) is 0 Å². The van der Waals surface area contributed by atoms with E-state index in [9.17, 15) is 9.59 Å². The van der Waals surface area contributed by atoms with E-state index in [1.807, 2.05) is 70.5 Å². The Morgan fingerprint density at radius 2 is 0.985 bits per heavy atom. The summed E-state index contributed by atoms with van der Waals surface area (Å²) >= 11 is 0. The summed E-state index contributed by atoms with van der Waals surface area (Å²) < 4.78 is 4.51. The first-order valence-corrected chi connectivity index (χ1v) is 25.2. The van der Waals surface area contributed by atoms with Gasteiger partial charge in [0.15, 0.2) is 0 Å². The Bertz CT molecular complexity index is 2770. The monoisotopic (exact) mass is 893 g/mol. The van der Waals surface area contributed by atoms with E-state index in [1.165, 1.54) is 75.3 Å². The van der Waals surface area contributed by atoms with Crippen LogP contribution < -0.4 is 9.80 Å². The zero-order valence-electron chi connectivity index (χ0n) is 39.3. The van der Waals surface area contributed by atoms with Crippen LogP contribution in [0, 0.1) is 0 Å². The minimum atomic E-state index is -0.224. The van der Waals surface area contributed by atoms with Crippen molar-refractivity contribution in [1.82, 2.24) is 18.9 Å². The second kappa shape index (κ2) is 18.5. The van der Waals surface area contributed by atoms with Crippen molar-refractivity contribution in [2.45, 2.75) is 128 Å². The van der Waals surface area contributed by atoms with Gasteiger partial charge < -0.3 is 23.8 Å². The predicted octanol–water partition coefficient (Wildman–Crippen LogP) is 11.7. The Hall–Kier alpha value is -6.19. The maximum absolute atomic E-state index is 15.3. The Balaban J connectivity index is 0.888. The lowest BCUT2D eigenvalue weighted by Gasteiger charge is -2.43. The summed E-state index contributed by atoms with van der Waals surface area (Å²) in [6.45, 7) is 8.41. The molecule has 2 aliphatic carbocycles. The zero-order chi connectivity index (χ0) is 45.6. The number of benzene rings is 4. The van der Waals surface area contributed by atoms with Crippen molar-refractivity contribution in [3.8, 4) is 0 Å². The molecule has 67 heavy (non-hydrogen) atoms. The number of carbonyl (C=O) groups is 3. The fourth-order valence-electron chi connectivity index (χ4n) is 12.1. The van der Waals surface area contributed by atoms with Gasteiger partial charge in [0.2, 0.25) is 0 Å². The van der Waals surface area contributed by atoms with E-state index in [4.69, 9.17) is 0 Å². The molecule has 344 valence electrons. The third kappa shape index (κ3) is 8.34. The molecule has 3 amide bonds. The fourth-order valence-corrected chi connectivity index (χ4v) is 12.1. The van der Waals surface area contributed by atoms with Gasteiger partial charge in [-0.2, -0.15) is 0 Å². The number of fused-ring (bicyclic) bond motifs is 4. The lowest BCUT2D eigenvalue weighted by molar-refractivity contribution is 0.0355. The molecule has 1 saturated heterocycles. The summed E-state index contributed by atoms with van der Waals surface area (Å²) in [4.78, 5) is 52.8. The Labute approximate surface area is 396 Å². The molecule has 2 saturated carbocycles. The van der Waals surface area contributed by atoms with E-state index >= 15 is 4.79 Å². The third-order valence-corrected chi connectivity index (χ3v) is 16.0. The van der Waals surface area contributed by atoms with Crippen molar-refractivity contribution in [3.05, 3.63) is 177 Å². The van der Waals surface area contributed by atoms with Crippen molar-refractivity contribution >= 4 is 29.1 Å². The first-order chi connectivity index (χ1) is 32.8. The smallest absolute Gasteiger partial charge is 0.271 e. The number of aromatic nitrogens is 2. The number of para-hydroxylation sites is 2. The third-order valence-electron chi connectivity index (χ3n) is 16.0. The van der Waals surface area contributed by atoms with Crippen molar-refractivity contribution in [3.63, 3.8) is 0 Å². The molecule has 3 fully saturated rings. The van der Waals surface area contributed by atoms with Gasteiger partial charge in [0, 0.05) is 71.8 Å². The molecular formula is C58H64N6O3. The number of amides is 3. The first-order valence-electron chi connectivity index (χ1n) is 25.2. The number of hydrogen-bond donors (Lipinski definition) is 0. The van der Waals surface area contributed by atoms with E-state index in [2.05, 4.69) is 93.4 Å². The van der Waals surface area contributed by atoms with Crippen molar-refractivity contribution in [2.75, 3.05) is 29.4 Å². The Morgan fingerprint density at radius 1 is 0.493 bits per heavy atom. The average molecular weight is 893 g/mol. The number of carbonyl (C=O) groups excluding carboxylic acids is 3. The summed E-state index contributed by atoms with van der Waals surface area (Å²) in [6.07, 6.45) is 12.6. The van der Waals surface area contributed by atoms with Crippen LogP contribution in [0.4, 0.5) is 11.4 Å². The Kier molecular flexibility index (Phi) is 12.0. The van der Waals surface area contributed by atoms with Crippen LogP contribution in [-0.2, 0) is 26.2 Å². The summed E-state index contributed by atoms with van der Waals surface area (Å²) in [5, 5.41) is 0. The van der Waals surface area contributed by atoms with E-state index in [0.717, 1.165) is 46.1 Å². The zero-order valence-corrected chi connectivity index (χ0v) is 39.3. The van der Waals surface area contributed by atoms with Crippen LogP contribution in [0.25, 0.3) is 0 Å². The van der Waals surface area contributed by atoms with Crippen LogP contribution in [0.3, 0.4) is 0 Å². The van der Waals surface area contributed by atoms with Crippen molar-refractivity contribution < 1.29 is 14.4 Å². The number of hydrogen-bond acceptors (Lipinski definition) is 4. The van der Waals surface area contributed by atoms with Crippen molar-refractivity contribution in [1.29, 1.82) is 0 Å². The second-order valence-corrected chi connectivity index (χ2v) is 20.2. The molecule has 1 atom stereocenters. The van der Waals surface area contributed by atoms with Gasteiger partial charge in [-0.3, -0.25) is 19.3 Å². The van der Waals surface area contributed by atoms with Gasteiger partial charge in [-0.25, -0.2) is 0 Å². The van der Waals surface area contributed by atoms with Gasteiger partial charge in [0.1, 0.15) is 5.69 Å². The molecule has 3 aliphatic heterocycles. The van der Waals surface area contributed by atoms with Gasteiger partial charge in [-0.05, 0) is 134 Å². The highest BCUT2D eigenvalue weighted by molar-refractivity contribution is 6.07. The standard InChI is InChI=1S/C58H64N6O3/c1-40(2)59-33-34-60(58(67)54-32-30-50-38-64(52-20-12-10-18-48(52)36-62(50)54)57(66)46-27-23-44(24-28-46)42-15-7-4-8-16-42)55(39-59)53-31-29-49-37-63(51-19-11-9-17-47(51)35-61(49)53)56(65)45-25-21-43(22-26-45)41-13-5-3-6-14-41/h9-12,17-32,40-42,55H,3-8,13-16,33-39H2,1-2H3. The number of anilines is 2. The molecule has 9 heteroatoms. The molecule has 4 aromatic carbocycles. The SMILES string of the molecule is CC(C)N1CCN(C(=O)c2ccc3n2Cc2ccccc2N(C(=O)c2ccc(C4CCCCC4)cc2)C3)C(c2ccc3n2Cc2ccccc2N(C(=O)c2ccc(C4CCCCC4)cc2)C3)C1. The fraction of sp³-hybridized carbons (Fsp3) is 0.397. The highest BCUT2D eigenvalue weighted by Gasteiger charge is 2.38. The molecule has 0 spiro atoms. The van der Waals surface area contributed by atoms with Crippen molar-refractivity contribution in [2.24, 2.45) is 0 Å². The van der Waals surface area contributed by atoms with Crippen LogP contribution >= 0.6 is 0 Å². The summed E-state index contributed by atoms with van der Waals surface area (Å²) in [5.41, 5.74) is 11.7. The Morgan fingerprint density at radius 3 is 1.52 bits per heavy atom. The van der Waals surface area contributed by atoms with E-state index in [-0.39, 0.29) is 23.8 Å². The molecule has 6 aromatic rings. The van der Waals surface area contributed by atoms with E-state index < -0.39 is 0 Å². The molecule has 0 radical (unpaired) electrons. The molecule has 2 aromatic heterocycles. The van der Waals surface area contributed by atoms with Crippen LogP contribution in [0.2, 0.25) is 0 Å². The molecule has 5 aliphatic rings. The molecule has 5 heterocycles. The maximum atomic E-state index is 15.3. The molecular weight excluding hydrogens is 829 g/mol. The quantitative estimate of drug-likeness (QED) is 0.160. The van der Waals surface area contributed by atoms with Gasteiger partial charge in [-0.1, -0.05) is 99.2 Å². The topological polar surface area (TPSA) is 74.0 Å². The lowest BCUT2D eigenvalue weighted by Crippen LogP contribution is -2.53. The molecule has 0 bridgehead atoms. The normalized spacial score (nSPS) is 19.3.